The highest BCUT2D eigenvalue weighted by Crippen LogP contribution is 2.07. The first-order valence-electron chi connectivity index (χ1n) is 3.56. The molecular weight excluding hydrogens is 184 g/mol. The molecule has 0 N–H and O–H groups in total. The van der Waals surface area contributed by atoms with Crippen LogP contribution in [0.4, 0.5) is 0 Å². The molecule has 0 nitrogen and oxygen atoms in total. The van der Waals surface area contributed by atoms with Crippen LogP contribution < -0.4 is 0 Å². The van der Waals surface area contributed by atoms with Gasteiger partial charge in [0.1, 0.15) is 0 Å². The first-order chi connectivity index (χ1) is 5.93. The van der Waals surface area contributed by atoms with E-state index in [1.54, 1.807) is 22.7 Å². The van der Waals surface area contributed by atoms with Crippen LogP contribution in [-0.2, 0) is 0 Å². The van der Waals surface area contributed by atoms with Crippen molar-refractivity contribution in [3.63, 3.8) is 0 Å². The highest BCUT2D eigenvalue weighted by atomic mass is 32.1. The predicted octanol–water partition coefficient (Wildman–Crippen LogP) is 4.14. The number of thiophene rings is 2. The molecule has 2 aromatic rings. The Morgan fingerprint density at radius 1 is 1.08 bits per heavy atom. The summed E-state index contributed by atoms with van der Waals surface area (Å²) in [6.07, 6.45) is 1.85. The number of rotatable bonds is 1. The van der Waals surface area contributed by atoms with E-state index in [9.17, 15) is 0 Å². The van der Waals surface area contributed by atoms with Gasteiger partial charge in [0.25, 0.3) is 0 Å². The Bertz CT molecular complexity index is 262. The van der Waals surface area contributed by atoms with Crippen molar-refractivity contribution in [2.45, 2.75) is 0 Å². The van der Waals surface area contributed by atoms with Crippen LogP contribution in [0.25, 0.3) is 6.08 Å². The van der Waals surface area contributed by atoms with Crippen LogP contribution in [0, 0.1) is 0 Å². The normalized spacial score (nSPS) is 8.33. The standard InChI is InChI=1S/C6H6S.C4H4S/c1-2-6-4-3-5-7-6;1-2-4-5-3-1/h2-5H,1H2;1-4H. The van der Waals surface area contributed by atoms with Gasteiger partial charge in [-0.05, 0) is 22.2 Å². The molecule has 62 valence electrons. The van der Waals surface area contributed by atoms with Crippen LogP contribution in [0.2, 0.25) is 0 Å². The number of hydrogen-bond donors (Lipinski definition) is 0. The molecule has 0 atom stereocenters. The third-order valence-electron chi connectivity index (χ3n) is 1.17. The van der Waals surface area contributed by atoms with Crippen molar-refractivity contribution < 1.29 is 0 Å². The van der Waals surface area contributed by atoms with Gasteiger partial charge in [-0.3, -0.25) is 0 Å². The first kappa shape index (κ1) is 9.23. The highest BCUT2D eigenvalue weighted by Gasteiger charge is 1.78. The van der Waals surface area contributed by atoms with Gasteiger partial charge in [0.2, 0.25) is 0 Å². The summed E-state index contributed by atoms with van der Waals surface area (Å²) < 4.78 is 0. The van der Waals surface area contributed by atoms with E-state index in [0.29, 0.717) is 0 Å². The Balaban J connectivity index is 0.000000127. The fraction of sp³-hybridized carbons (Fsp3) is 0. The molecule has 2 heteroatoms. The van der Waals surface area contributed by atoms with Crippen molar-refractivity contribution >= 4 is 28.7 Å². The Morgan fingerprint density at radius 2 is 1.83 bits per heavy atom. The monoisotopic (exact) mass is 194 g/mol. The molecule has 0 aliphatic heterocycles. The lowest BCUT2D eigenvalue weighted by atomic mass is 10.5. The molecule has 0 aromatic carbocycles. The number of hydrogen-bond acceptors (Lipinski definition) is 2. The first-order valence-corrected chi connectivity index (χ1v) is 5.39. The average molecular weight is 194 g/mol. The zero-order valence-corrected chi connectivity index (χ0v) is 8.28. The second-order valence-electron chi connectivity index (χ2n) is 2.01. The minimum Gasteiger partial charge on any atom is -0.152 e. The smallest absolute Gasteiger partial charge is 0.0264 e. The van der Waals surface area contributed by atoms with Gasteiger partial charge in [-0.25, -0.2) is 0 Å². The van der Waals surface area contributed by atoms with Crippen molar-refractivity contribution in [2.75, 3.05) is 0 Å². The third kappa shape index (κ3) is 3.51. The van der Waals surface area contributed by atoms with Crippen LogP contribution in [0.3, 0.4) is 0 Å². The summed E-state index contributed by atoms with van der Waals surface area (Å²) in [5.74, 6) is 0. The van der Waals surface area contributed by atoms with E-state index in [-0.39, 0.29) is 0 Å². The summed E-state index contributed by atoms with van der Waals surface area (Å²) in [6.45, 7) is 3.61. The molecule has 12 heavy (non-hydrogen) atoms. The Hall–Kier alpha value is -0.860. The maximum Gasteiger partial charge on any atom is 0.0264 e. The molecule has 0 radical (unpaired) electrons. The molecule has 0 aliphatic rings. The van der Waals surface area contributed by atoms with Crippen molar-refractivity contribution in [1.82, 2.24) is 0 Å². The molecule has 0 saturated carbocycles. The Kier molecular flexibility index (Phi) is 4.42. The zero-order chi connectivity index (χ0) is 8.65. The Morgan fingerprint density at radius 3 is 2.08 bits per heavy atom. The van der Waals surface area contributed by atoms with E-state index in [1.165, 1.54) is 4.88 Å². The summed E-state index contributed by atoms with van der Waals surface area (Å²) in [7, 11) is 0. The fourth-order valence-corrected chi connectivity index (χ4v) is 1.66. The van der Waals surface area contributed by atoms with Crippen molar-refractivity contribution in [3.05, 3.63) is 51.9 Å². The molecule has 0 fully saturated rings. The van der Waals surface area contributed by atoms with E-state index in [2.05, 4.69) is 6.58 Å². The summed E-state index contributed by atoms with van der Waals surface area (Å²) >= 11 is 3.42. The molecule has 0 aliphatic carbocycles. The molecular formula is C10H10S2. The van der Waals surface area contributed by atoms with Crippen LogP contribution in [-0.4, -0.2) is 0 Å². The van der Waals surface area contributed by atoms with Gasteiger partial charge in [0, 0.05) is 4.88 Å². The Labute approximate surface area is 80.8 Å². The molecule has 0 unspecified atom stereocenters. The van der Waals surface area contributed by atoms with E-state index < -0.39 is 0 Å². The van der Waals surface area contributed by atoms with Crippen molar-refractivity contribution in [2.24, 2.45) is 0 Å². The second kappa shape index (κ2) is 5.75. The van der Waals surface area contributed by atoms with Gasteiger partial charge in [-0.15, -0.1) is 11.3 Å². The maximum absolute atomic E-state index is 3.61. The van der Waals surface area contributed by atoms with Gasteiger partial charge < -0.3 is 0 Å². The van der Waals surface area contributed by atoms with Crippen molar-refractivity contribution in [3.8, 4) is 0 Å². The summed E-state index contributed by atoms with van der Waals surface area (Å²) in [5, 5.41) is 6.12. The lowest BCUT2D eigenvalue weighted by Gasteiger charge is -1.71. The summed E-state index contributed by atoms with van der Waals surface area (Å²) in [5.41, 5.74) is 0. The van der Waals surface area contributed by atoms with E-state index in [4.69, 9.17) is 0 Å². The van der Waals surface area contributed by atoms with E-state index in [1.807, 2.05) is 46.5 Å². The van der Waals surface area contributed by atoms with Crippen LogP contribution in [0.5, 0.6) is 0 Å². The van der Waals surface area contributed by atoms with Gasteiger partial charge in [-0.2, -0.15) is 11.3 Å². The van der Waals surface area contributed by atoms with Crippen LogP contribution in [0.1, 0.15) is 4.88 Å². The van der Waals surface area contributed by atoms with Crippen molar-refractivity contribution in [1.29, 1.82) is 0 Å². The lowest BCUT2D eigenvalue weighted by Crippen LogP contribution is -1.45. The fourth-order valence-electron chi connectivity index (χ4n) is 0.634. The minimum absolute atomic E-state index is 1.24. The van der Waals surface area contributed by atoms with Crippen LogP contribution in [0.15, 0.2) is 47.0 Å². The van der Waals surface area contributed by atoms with E-state index >= 15 is 0 Å². The van der Waals surface area contributed by atoms with Gasteiger partial charge in [0.15, 0.2) is 0 Å². The average Bonchev–Trinajstić information content (AvgIpc) is 2.81. The molecule has 0 bridgehead atoms. The molecule has 2 heterocycles. The van der Waals surface area contributed by atoms with Crippen LogP contribution >= 0.6 is 22.7 Å². The molecule has 0 amide bonds. The SMILES string of the molecule is C=Cc1cccs1.c1ccsc1. The maximum atomic E-state index is 3.61. The summed E-state index contributed by atoms with van der Waals surface area (Å²) in [4.78, 5) is 1.24. The minimum atomic E-state index is 1.24. The molecule has 0 spiro atoms. The second-order valence-corrected chi connectivity index (χ2v) is 3.81. The zero-order valence-electron chi connectivity index (χ0n) is 6.64. The van der Waals surface area contributed by atoms with Gasteiger partial charge >= 0.3 is 0 Å². The highest BCUT2D eigenvalue weighted by molar-refractivity contribution is 7.10. The van der Waals surface area contributed by atoms with Gasteiger partial charge in [0.05, 0.1) is 0 Å². The molecule has 0 saturated heterocycles. The summed E-state index contributed by atoms with van der Waals surface area (Å²) in [6, 6.07) is 8.09. The van der Waals surface area contributed by atoms with E-state index in [0.717, 1.165) is 0 Å². The lowest BCUT2D eigenvalue weighted by molar-refractivity contribution is 1.97. The quantitative estimate of drug-likeness (QED) is 0.640. The topological polar surface area (TPSA) is 0 Å². The third-order valence-corrected chi connectivity index (χ3v) is 2.67. The van der Waals surface area contributed by atoms with Gasteiger partial charge in [-0.1, -0.05) is 30.9 Å². The molecule has 2 rings (SSSR count). The molecule has 2 aromatic heterocycles. The largest absolute Gasteiger partial charge is 0.152 e. The predicted molar refractivity (Wildman–Crippen MR) is 58.7 cm³/mol.